The number of carboxylic acids is 1. The van der Waals surface area contributed by atoms with Crippen molar-refractivity contribution in [1.82, 2.24) is 4.90 Å². The predicted octanol–water partition coefficient (Wildman–Crippen LogP) is 3.31. The van der Waals surface area contributed by atoms with Gasteiger partial charge in [0.05, 0.1) is 6.08 Å². The Labute approximate surface area is 151 Å². The summed E-state index contributed by atoms with van der Waals surface area (Å²) in [6.07, 6.45) is 2.11. The van der Waals surface area contributed by atoms with Crippen molar-refractivity contribution in [3.8, 4) is 0 Å². The van der Waals surface area contributed by atoms with Crippen LogP contribution in [0.25, 0.3) is 0 Å². The Kier molecular flexibility index (Phi) is 6.91. The van der Waals surface area contributed by atoms with Crippen LogP contribution in [-0.4, -0.2) is 33.5 Å². The van der Waals surface area contributed by atoms with Gasteiger partial charge in [0.2, 0.25) is 5.76 Å². The van der Waals surface area contributed by atoms with E-state index >= 15 is 0 Å². The Morgan fingerprint density at radius 3 is 2.23 bits per heavy atom. The Hall–Kier alpha value is -3.15. The van der Waals surface area contributed by atoms with Gasteiger partial charge in [-0.2, -0.15) is 0 Å². The van der Waals surface area contributed by atoms with Gasteiger partial charge in [-0.25, -0.2) is 9.18 Å². The summed E-state index contributed by atoms with van der Waals surface area (Å²) in [7, 11) is 0. The van der Waals surface area contributed by atoms with Gasteiger partial charge in [0.15, 0.2) is 0 Å². The Bertz CT molecular complexity index is 772. The van der Waals surface area contributed by atoms with Crippen molar-refractivity contribution in [1.29, 1.82) is 0 Å². The number of amides is 1. The van der Waals surface area contributed by atoms with Crippen LogP contribution in [0.3, 0.4) is 0 Å². The molecule has 6 heteroatoms. The van der Waals surface area contributed by atoms with Crippen molar-refractivity contribution < 1.29 is 24.2 Å². The third-order valence-corrected chi connectivity index (χ3v) is 3.81. The molecule has 0 atom stereocenters. The smallest absolute Gasteiger partial charge is 0.371 e. The molecule has 2 aromatic carbocycles. The number of carbonyl (C=O) groups excluding carboxylic acids is 1. The molecular formula is C20H20FNO4. The minimum absolute atomic E-state index is 0.192. The quantitative estimate of drug-likeness (QED) is 0.561. The number of aliphatic carboxylic acids is 1. The second-order valence-electron chi connectivity index (χ2n) is 5.81. The van der Waals surface area contributed by atoms with Gasteiger partial charge in [0.1, 0.15) is 5.82 Å². The molecule has 0 radical (unpaired) electrons. The van der Waals surface area contributed by atoms with Crippen molar-refractivity contribution >= 4 is 11.9 Å². The maximum atomic E-state index is 13.0. The number of benzene rings is 2. The van der Waals surface area contributed by atoms with Crippen LogP contribution >= 0.6 is 0 Å². The zero-order valence-corrected chi connectivity index (χ0v) is 14.1. The maximum absolute atomic E-state index is 13.0. The van der Waals surface area contributed by atoms with Gasteiger partial charge < -0.3 is 15.1 Å². The molecule has 2 rings (SSSR count). The van der Waals surface area contributed by atoms with Crippen LogP contribution in [0.1, 0.15) is 17.5 Å². The largest absolute Gasteiger partial charge is 0.502 e. The lowest BCUT2D eigenvalue weighted by Gasteiger charge is -2.21. The maximum Gasteiger partial charge on any atom is 0.371 e. The highest BCUT2D eigenvalue weighted by atomic mass is 19.1. The Morgan fingerprint density at radius 1 is 0.962 bits per heavy atom. The molecule has 0 heterocycles. The van der Waals surface area contributed by atoms with Crippen LogP contribution in [0, 0.1) is 5.82 Å². The third kappa shape index (κ3) is 6.05. The molecule has 0 aliphatic carbocycles. The van der Waals surface area contributed by atoms with Gasteiger partial charge in [-0.1, -0.05) is 42.5 Å². The predicted molar refractivity (Wildman–Crippen MR) is 94.9 cm³/mol. The standard InChI is InChI=1S/C20H20FNO4/c21-17-10-8-16(9-11-17)14-22(19(24)13-18(23)20(25)26)12-4-7-15-5-2-1-3-6-15/h1-3,5-6,8-11,13,23H,4,7,12,14H2,(H,25,26)/b18-13-. The normalized spacial score (nSPS) is 11.2. The van der Waals surface area contributed by atoms with Crippen molar-refractivity contribution in [3.63, 3.8) is 0 Å². The van der Waals surface area contributed by atoms with E-state index < -0.39 is 17.6 Å². The zero-order valence-electron chi connectivity index (χ0n) is 14.1. The number of halogens is 1. The molecule has 5 nitrogen and oxygen atoms in total. The molecule has 0 unspecified atom stereocenters. The van der Waals surface area contributed by atoms with E-state index in [-0.39, 0.29) is 12.4 Å². The van der Waals surface area contributed by atoms with Gasteiger partial charge in [0.25, 0.3) is 5.91 Å². The van der Waals surface area contributed by atoms with E-state index in [0.29, 0.717) is 24.6 Å². The molecule has 0 saturated heterocycles. The number of aryl methyl sites for hydroxylation is 1. The minimum Gasteiger partial charge on any atom is -0.502 e. The number of nitrogens with zero attached hydrogens (tertiary/aromatic N) is 1. The van der Waals surface area contributed by atoms with Gasteiger partial charge in [-0.3, -0.25) is 4.79 Å². The summed E-state index contributed by atoms with van der Waals surface area (Å²) in [6.45, 7) is 0.561. The monoisotopic (exact) mass is 357 g/mol. The van der Waals surface area contributed by atoms with Gasteiger partial charge >= 0.3 is 5.97 Å². The number of aliphatic hydroxyl groups excluding tert-OH is 1. The first-order valence-electron chi connectivity index (χ1n) is 8.17. The van der Waals surface area contributed by atoms with E-state index in [4.69, 9.17) is 5.11 Å². The highest BCUT2D eigenvalue weighted by Crippen LogP contribution is 2.10. The van der Waals surface area contributed by atoms with Crippen molar-refractivity contribution in [3.05, 3.63) is 83.4 Å². The summed E-state index contributed by atoms with van der Waals surface area (Å²) < 4.78 is 13.0. The van der Waals surface area contributed by atoms with Crippen molar-refractivity contribution in [2.45, 2.75) is 19.4 Å². The molecule has 0 aliphatic heterocycles. The highest BCUT2D eigenvalue weighted by Gasteiger charge is 2.15. The average molecular weight is 357 g/mol. The number of hydrogen-bond acceptors (Lipinski definition) is 3. The SMILES string of the molecule is O=C(O)/C(O)=C/C(=O)N(CCCc1ccccc1)Cc1ccc(F)cc1. The van der Waals surface area contributed by atoms with Crippen LogP contribution in [0.2, 0.25) is 0 Å². The van der Waals surface area contributed by atoms with Crippen LogP contribution in [0.15, 0.2) is 66.4 Å². The summed E-state index contributed by atoms with van der Waals surface area (Å²) in [4.78, 5) is 24.5. The highest BCUT2D eigenvalue weighted by molar-refractivity contribution is 5.96. The van der Waals surface area contributed by atoms with E-state index in [1.807, 2.05) is 30.3 Å². The van der Waals surface area contributed by atoms with Gasteiger partial charge in [-0.05, 0) is 36.1 Å². The fourth-order valence-electron chi connectivity index (χ4n) is 2.47. The van der Waals surface area contributed by atoms with E-state index in [2.05, 4.69) is 0 Å². The number of rotatable bonds is 8. The Morgan fingerprint density at radius 2 is 1.62 bits per heavy atom. The molecule has 0 bridgehead atoms. The Balaban J connectivity index is 2.06. The van der Waals surface area contributed by atoms with Crippen LogP contribution in [0.5, 0.6) is 0 Å². The van der Waals surface area contributed by atoms with Crippen LogP contribution in [-0.2, 0) is 22.6 Å². The number of carbonyl (C=O) groups is 2. The lowest BCUT2D eigenvalue weighted by atomic mass is 10.1. The first kappa shape index (κ1) is 19.2. The second kappa shape index (κ2) is 9.36. The van der Waals surface area contributed by atoms with E-state index in [1.54, 1.807) is 12.1 Å². The first-order valence-corrected chi connectivity index (χ1v) is 8.17. The van der Waals surface area contributed by atoms with Crippen molar-refractivity contribution in [2.75, 3.05) is 6.54 Å². The molecule has 2 N–H and O–H groups in total. The summed E-state index contributed by atoms with van der Waals surface area (Å²) in [6, 6.07) is 15.5. The molecule has 26 heavy (non-hydrogen) atoms. The summed E-state index contributed by atoms with van der Waals surface area (Å²) >= 11 is 0. The molecule has 0 aliphatic rings. The summed E-state index contributed by atoms with van der Waals surface area (Å²) in [5.41, 5.74) is 1.84. The lowest BCUT2D eigenvalue weighted by Crippen LogP contribution is -2.31. The third-order valence-electron chi connectivity index (χ3n) is 3.81. The fraction of sp³-hybridized carbons (Fsp3) is 0.200. The molecule has 0 spiro atoms. The average Bonchev–Trinajstić information content (AvgIpc) is 2.63. The first-order chi connectivity index (χ1) is 12.5. The van der Waals surface area contributed by atoms with E-state index in [0.717, 1.165) is 12.0 Å². The molecule has 0 aromatic heterocycles. The van der Waals surface area contributed by atoms with Gasteiger partial charge in [-0.15, -0.1) is 0 Å². The van der Waals surface area contributed by atoms with Crippen molar-refractivity contribution in [2.24, 2.45) is 0 Å². The summed E-state index contributed by atoms with van der Waals surface area (Å²) in [5.74, 6) is -3.56. The van der Waals surface area contributed by atoms with Gasteiger partial charge in [0, 0.05) is 13.1 Å². The molecule has 2 aromatic rings. The number of aliphatic hydroxyl groups is 1. The lowest BCUT2D eigenvalue weighted by molar-refractivity contribution is -0.136. The molecule has 0 saturated carbocycles. The molecular weight excluding hydrogens is 337 g/mol. The van der Waals surface area contributed by atoms with E-state index in [1.165, 1.54) is 17.0 Å². The van der Waals surface area contributed by atoms with Crippen LogP contribution in [0.4, 0.5) is 4.39 Å². The minimum atomic E-state index is -1.57. The summed E-state index contributed by atoms with van der Waals surface area (Å²) in [5, 5.41) is 18.0. The fourth-order valence-corrected chi connectivity index (χ4v) is 2.47. The zero-order chi connectivity index (χ0) is 18.9. The number of carboxylic acid groups (broad SMARTS) is 1. The second-order valence-corrected chi connectivity index (χ2v) is 5.81. The topological polar surface area (TPSA) is 77.8 Å². The molecule has 1 amide bonds. The molecule has 136 valence electrons. The number of hydrogen-bond donors (Lipinski definition) is 2. The van der Waals surface area contributed by atoms with E-state index in [9.17, 15) is 19.1 Å². The van der Waals surface area contributed by atoms with Crippen LogP contribution < -0.4 is 0 Å². The molecule has 0 fully saturated rings.